The van der Waals surface area contributed by atoms with Gasteiger partial charge in [-0.15, -0.1) is 0 Å². The van der Waals surface area contributed by atoms with Crippen LogP contribution in [0.15, 0.2) is 24.3 Å². The lowest BCUT2D eigenvalue weighted by Crippen LogP contribution is -1.80. The molecule has 0 saturated carbocycles. The van der Waals surface area contributed by atoms with Crippen molar-refractivity contribution in [3.63, 3.8) is 0 Å². The number of hydrogen-bond donors (Lipinski definition) is 0. The lowest BCUT2D eigenvalue weighted by molar-refractivity contribution is 0.583. The Kier molecular flexibility index (Phi) is 15.0. The fourth-order valence-electron chi connectivity index (χ4n) is 1.93. The van der Waals surface area contributed by atoms with E-state index in [0.29, 0.717) is 0 Å². The summed E-state index contributed by atoms with van der Waals surface area (Å²) in [6, 6.07) is 0. The second-order valence-corrected chi connectivity index (χ2v) is 4.69. The first kappa shape index (κ1) is 16.5. The van der Waals surface area contributed by atoms with E-state index in [1.807, 2.05) is 0 Å². The van der Waals surface area contributed by atoms with Crippen molar-refractivity contribution in [3.8, 4) is 0 Å². The standard InChI is InChI=1S/C17H31/c1-3-5-7-9-11-13-15-17-16-14-12-10-8-6-4-2/h5-8H,1,3-4,9-17H2,2H3/b7-5+,8-6+. The first-order valence-electron chi connectivity index (χ1n) is 7.51. The first-order chi connectivity index (χ1) is 8.41. The molecule has 0 spiro atoms. The quantitative estimate of drug-likeness (QED) is 0.277. The Labute approximate surface area is 109 Å². The molecule has 0 rings (SSSR count). The Morgan fingerprint density at radius 3 is 1.59 bits per heavy atom. The van der Waals surface area contributed by atoms with Crippen molar-refractivity contribution in [1.82, 2.24) is 0 Å². The van der Waals surface area contributed by atoms with E-state index in [2.05, 4.69) is 38.2 Å². The predicted molar refractivity (Wildman–Crippen MR) is 80.1 cm³/mol. The summed E-state index contributed by atoms with van der Waals surface area (Å²) in [6.45, 7) is 5.99. The zero-order valence-corrected chi connectivity index (χ0v) is 11.8. The van der Waals surface area contributed by atoms with Gasteiger partial charge >= 0.3 is 0 Å². The average Bonchev–Trinajstić information content (AvgIpc) is 2.35. The molecular formula is C17H31. The summed E-state index contributed by atoms with van der Waals surface area (Å²) in [7, 11) is 0. The molecular weight excluding hydrogens is 204 g/mol. The van der Waals surface area contributed by atoms with E-state index in [0.717, 1.165) is 6.42 Å². The van der Waals surface area contributed by atoms with Crippen molar-refractivity contribution in [2.24, 2.45) is 0 Å². The third-order valence-electron chi connectivity index (χ3n) is 2.98. The third kappa shape index (κ3) is 15.5. The van der Waals surface area contributed by atoms with Crippen LogP contribution in [0.4, 0.5) is 0 Å². The summed E-state index contributed by atoms with van der Waals surface area (Å²) in [5.41, 5.74) is 0. The highest BCUT2D eigenvalue weighted by molar-refractivity contribution is 4.82. The SMILES string of the molecule is [CH2]C/C=C/CCCCCCCCC/C=C/CC. The van der Waals surface area contributed by atoms with Crippen LogP contribution in [-0.4, -0.2) is 0 Å². The van der Waals surface area contributed by atoms with Gasteiger partial charge < -0.3 is 0 Å². The van der Waals surface area contributed by atoms with Crippen LogP contribution in [0.25, 0.3) is 0 Å². The summed E-state index contributed by atoms with van der Waals surface area (Å²) in [4.78, 5) is 0. The summed E-state index contributed by atoms with van der Waals surface area (Å²) in [5.74, 6) is 0. The molecule has 0 aliphatic carbocycles. The van der Waals surface area contributed by atoms with E-state index >= 15 is 0 Å². The molecule has 0 aromatic rings. The molecule has 0 aliphatic rings. The Bertz CT molecular complexity index is 156. The molecule has 0 heteroatoms. The maximum atomic E-state index is 3.79. The molecule has 0 unspecified atom stereocenters. The number of hydrogen-bond acceptors (Lipinski definition) is 0. The van der Waals surface area contributed by atoms with Crippen molar-refractivity contribution in [2.75, 3.05) is 0 Å². The molecule has 0 N–H and O–H groups in total. The van der Waals surface area contributed by atoms with Gasteiger partial charge in [-0.3, -0.25) is 0 Å². The Morgan fingerprint density at radius 1 is 0.647 bits per heavy atom. The number of rotatable bonds is 12. The zero-order valence-electron chi connectivity index (χ0n) is 11.8. The molecule has 0 amide bonds. The van der Waals surface area contributed by atoms with E-state index < -0.39 is 0 Å². The molecule has 0 aliphatic heterocycles. The van der Waals surface area contributed by atoms with Crippen LogP contribution in [0.3, 0.4) is 0 Å². The van der Waals surface area contributed by atoms with Gasteiger partial charge in [0, 0.05) is 0 Å². The van der Waals surface area contributed by atoms with Gasteiger partial charge in [-0.25, -0.2) is 0 Å². The predicted octanol–water partition coefficient (Wildman–Crippen LogP) is 6.24. The minimum atomic E-state index is 0.937. The van der Waals surface area contributed by atoms with Gasteiger partial charge in [-0.2, -0.15) is 0 Å². The molecule has 0 nitrogen and oxygen atoms in total. The Balaban J connectivity index is 2.98. The summed E-state index contributed by atoms with van der Waals surface area (Å²) >= 11 is 0. The van der Waals surface area contributed by atoms with E-state index in [4.69, 9.17) is 0 Å². The maximum Gasteiger partial charge on any atom is -0.0351 e. The average molecular weight is 235 g/mol. The highest BCUT2D eigenvalue weighted by atomic mass is 14.0. The fourth-order valence-corrected chi connectivity index (χ4v) is 1.93. The van der Waals surface area contributed by atoms with Crippen LogP contribution in [0.2, 0.25) is 0 Å². The van der Waals surface area contributed by atoms with Gasteiger partial charge in [0.2, 0.25) is 0 Å². The van der Waals surface area contributed by atoms with E-state index in [-0.39, 0.29) is 0 Å². The monoisotopic (exact) mass is 235 g/mol. The number of allylic oxidation sites excluding steroid dienone is 4. The van der Waals surface area contributed by atoms with Crippen LogP contribution in [0.5, 0.6) is 0 Å². The zero-order chi connectivity index (χ0) is 12.6. The van der Waals surface area contributed by atoms with Gasteiger partial charge in [0.15, 0.2) is 0 Å². The van der Waals surface area contributed by atoms with Crippen LogP contribution < -0.4 is 0 Å². The van der Waals surface area contributed by atoms with Gasteiger partial charge in [-0.1, -0.05) is 63.3 Å². The van der Waals surface area contributed by atoms with Gasteiger partial charge in [0.25, 0.3) is 0 Å². The van der Waals surface area contributed by atoms with Crippen molar-refractivity contribution >= 4 is 0 Å². The molecule has 99 valence electrons. The maximum absolute atomic E-state index is 3.79. The van der Waals surface area contributed by atoms with Crippen molar-refractivity contribution < 1.29 is 0 Å². The van der Waals surface area contributed by atoms with Crippen molar-refractivity contribution in [2.45, 2.75) is 77.6 Å². The molecule has 0 bridgehead atoms. The third-order valence-corrected chi connectivity index (χ3v) is 2.98. The van der Waals surface area contributed by atoms with Crippen molar-refractivity contribution in [3.05, 3.63) is 31.2 Å². The minimum Gasteiger partial charge on any atom is -0.0888 e. The first-order valence-corrected chi connectivity index (χ1v) is 7.51. The molecule has 0 aromatic heterocycles. The van der Waals surface area contributed by atoms with Crippen LogP contribution >= 0.6 is 0 Å². The summed E-state index contributed by atoms with van der Waals surface area (Å²) in [6.07, 6.45) is 23.5. The van der Waals surface area contributed by atoms with E-state index in [1.165, 1.54) is 64.2 Å². The fraction of sp³-hybridized carbons (Fsp3) is 0.706. The Hall–Kier alpha value is -0.520. The van der Waals surface area contributed by atoms with Gasteiger partial charge in [-0.05, 0) is 45.4 Å². The smallest absolute Gasteiger partial charge is 0.0351 e. The van der Waals surface area contributed by atoms with E-state index in [1.54, 1.807) is 0 Å². The van der Waals surface area contributed by atoms with Crippen LogP contribution in [0.1, 0.15) is 77.6 Å². The molecule has 0 fully saturated rings. The van der Waals surface area contributed by atoms with Gasteiger partial charge in [0.1, 0.15) is 0 Å². The topological polar surface area (TPSA) is 0 Å². The largest absolute Gasteiger partial charge is 0.0888 e. The molecule has 0 saturated heterocycles. The normalized spacial score (nSPS) is 11.9. The molecule has 0 heterocycles. The summed E-state index contributed by atoms with van der Waals surface area (Å²) in [5, 5.41) is 0. The molecule has 0 atom stereocenters. The van der Waals surface area contributed by atoms with E-state index in [9.17, 15) is 0 Å². The second kappa shape index (κ2) is 15.5. The van der Waals surface area contributed by atoms with Crippen LogP contribution in [-0.2, 0) is 0 Å². The number of unbranched alkanes of at least 4 members (excludes halogenated alkanes) is 8. The molecule has 0 aromatic carbocycles. The second-order valence-electron chi connectivity index (χ2n) is 4.69. The minimum absolute atomic E-state index is 0.937. The van der Waals surface area contributed by atoms with Crippen LogP contribution in [0, 0.1) is 6.92 Å². The van der Waals surface area contributed by atoms with Gasteiger partial charge in [0.05, 0.1) is 0 Å². The molecule has 1 radical (unpaired) electrons. The Morgan fingerprint density at radius 2 is 1.12 bits per heavy atom. The summed E-state index contributed by atoms with van der Waals surface area (Å²) < 4.78 is 0. The lowest BCUT2D eigenvalue weighted by atomic mass is 10.1. The highest BCUT2D eigenvalue weighted by Crippen LogP contribution is 2.10. The van der Waals surface area contributed by atoms with Crippen molar-refractivity contribution in [1.29, 1.82) is 0 Å². The highest BCUT2D eigenvalue weighted by Gasteiger charge is 1.90. The lowest BCUT2D eigenvalue weighted by Gasteiger charge is -2.00. The molecule has 17 heavy (non-hydrogen) atoms.